The van der Waals surface area contributed by atoms with Crippen LogP contribution in [0.4, 0.5) is 0 Å². The maximum Gasteiger partial charge on any atom is 0.338 e. The molecule has 1 aromatic carbocycles. The van der Waals surface area contributed by atoms with Gasteiger partial charge in [0.25, 0.3) is 0 Å². The first-order chi connectivity index (χ1) is 18.1. The van der Waals surface area contributed by atoms with Crippen molar-refractivity contribution in [2.45, 2.75) is 111 Å². The Morgan fingerprint density at radius 1 is 1.03 bits per heavy atom. The van der Waals surface area contributed by atoms with Crippen molar-refractivity contribution in [2.75, 3.05) is 0 Å². The third kappa shape index (κ3) is 4.78. The molecule has 10 atom stereocenters. The van der Waals surface area contributed by atoms with Crippen molar-refractivity contribution >= 4 is 11.8 Å². The molecule has 210 valence electrons. The molecular weight excluding hydrogens is 472 g/mol. The number of aliphatic hydroxyl groups is 1. The number of rotatable bonds is 7. The Morgan fingerprint density at radius 2 is 1.76 bits per heavy atom. The summed E-state index contributed by atoms with van der Waals surface area (Å²) in [5.41, 5.74) is 0.535. The summed E-state index contributed by atoms with van der Waals surface area (Å²) in [6.07, 6.45) is 9.32. The molecule has 2 unspecified atom stereocenters. The molecular formula is C34H50O4. The second-order valence-electron chi connectivity index (χ2n) is 14.4. The summed E-state index contributed by atoms with van der Waals surface area (Å²) in [7, 11) is 0. The lowest BCUT2D eigenvalue weighted by atomic mass is 9.43. The predicted molar refractivity (Wildman–Crippen MR) is 150 cm³/mol. The van der Waals surface area contributed by atoms with Gasteiger partial charge in [-0.2, -0.15) is 0 Å². The Bertz CT molecular complexity index is 1000. The molecule has 0 saturated heterocycles. The molecule has 0 amide bonds. The molecule has 0 spiro atoms. The zero-order valence-electron chi connectivity index (χ0n) is 24.3. The molecule has 4 aliphatic carbocycles. The van der Waals surface area contributed by atoms with E-state index in [1.807, 2.05) is 18.2 Å². The molecule has 1 N–H and O–H groups in total. The van der Waals surface area contributed by atoms with Crippen LogP contribution in [0, 0.1) is 52.3 Å². The summed E-state index contributed by atoms with van der Waals surface area (Å²) in [6, 6.07) is 9.16. The van der Waals surface area contributed by atoms with Crippen LogP contribution in [0.3, 0.4) is 0 Å². The number of hydrogen-bond donors (Lipinski definition) is 1. The minimum Gasteiger partial charge on any atom is -0.458 e. The minimum atomic E-state index is -0.419. The lowest BCUT2D eigenvalue weighted by Crippen LogP contribution is -2.63. The van der Waals surface area contributed by atoms with Crippen molar-refractivity contribution in [2.24, 2.45) is 52.3 Å². The molecule has 1 aromatic rings. The van der Waals surface area contributed by atoms with Crippen molar-refractivity contribution < 1.29 is 19.4 Å². The van der Waals surface area contributed by atoms with E-state index in [1.165, 1.54) is 38.5 Å². The van der Waals surface area contributed by atoms with Gasteiger partial charge in [0.05, 0.1) is 11.7 Å². The van der Waals surface area contributed by atoms with Crippen molar-refractivity contribution in [1.82, 2.24) is 0 Å². The van der Waals surface area contributed by atoms with E-state index in [2.05, 4.69) is 34.6 Å². The highest BCUT2D eigenvalue weighted by atomic mass is 16.5. The number of hydrogen-bond acceptors (Lipinski definition) is 4. The second kappa shape index (κ2) is 10.7. The highest BCUT2D eigenvalue weighted by Gasteiger charge is 2.65. The normalized spacial score (nSPS) is 41.2. The van der Waals surface area contributed by atoms with E-state index in [9.17, 15) is 14.7 Å². The maximum absolute atomic E-state index is 13.2. The fraction of sp³-hybridized carbons (Fsp3) is 0.765. The average molecular weight is 523 g/mol. The Hall–Kier alpha value is -1.68. The quantitative estimate of drug-likeness (QED) is 0.377. The lowest BCUT2D eigenvalue weighted by molar-refractivity contribution is -0.199. The van der Waals surface area contributed by atoms with Gasteiger partial charge in [0.1, 0.15) is 11.9 Å². The molecule has 0 bridgehead atoms. The SMILES string of the molecule is CC(C)CCC[C@@H](C)[C@H]1CC[C@H]2[C@@H]3[C@H](O)CC4CC(=O)CC(OC(=O)c5ccccc5)[C@]4(C)[C@H]3CC[C@]12C. The van der Waals surface area contributed by atoms with Crippen LogP contribution in [-0.4, -0.2) is 29.1 Å². The number of aliphatic hydroxyl groups excluding tert-OH is 1. The lowest BCUT2D eigenvalue weighted by Gasteiger charge is -2.63. The second-order valence-corrected chi connectivity index (χ2v) is 14.4. The molecule has 5 rings (SSSR count). The molecule has 0 aliphatic heterocycles. The van der Waals surface area contributed by atoms with Crippen molar-refractivity contribution in [3.63, 3.8) is 0 Å². The van der Waals surface area contributed by atoms with Crippen LogP contribution in [0.5, 0.6) is 0 Å². The topological polar surface area (TPSA) is 63.6 Å². The number of ketones is 1. The van der Waals surface area contributed by atoms with E-state index in [0.29, 0.717) is 30.7 Å². The fourth-order valence-corrected chi connectivity index (χ4v) is 10.0. The van der Waals surface area contributed by atoms with Crippen LogP contribution in [0.1, 0.15) is 109 Å². The molecule has 0 aromatic heterocycles. The summed E-state index contributed by atoms with van der Waals surface area (Å²) >= 11 is 0. The Kier molecular flexibility index (Phi) is 7.86. The molecule has 0 heterocycles. The monoisotopic (exact) mass is 522 g/mol. The van der Waals surface area contributed by atoms with Crippen LogP contribution in [-0.2, 0) is 9.53 Å². The Balaban J connectivity index is 1.39. The highest BCUT2D eigenvalue weighted by Crippen LogP contribution is 2.68. The summed E-state index contributed by atoms with van der Waals surface area (Å²) < 4.78 is 6.22. The standard InChI is InChI=1S/C34H50O4/c1-21(2)10-9-11-22(3)26-14-15-27-31-28(16-17-33(26,27)4)34(5)24(19-29(31)36)18-25(35)20-30(34)38-32(37)23-12-7-6-8-13-23/h6-8,12-13,21-22,24,26-31,36H,9-11,14-20H2,1-5H3/t22-,24?,26-,27+,28+,29-,30?,31+,33-,34+/m1/s1. The van der Waals surface area contributed by atoms with Crippen molar-refractivity contribution in [1.29, 1.82) is 0 Å². The highest BCUT2D eigenvalue weighted by molar-refractivity contribution is 5.90. The van der Waals surface area contributed by atoms with Gasteiger partial charge in [-0.3, -0.25) is 4.79 Å². The Morgan fingerprint density at radius 3 is 2.47 bits per heavy atom. The van der Waals surface area contributed by atoms with Gasteiger partial charge in [0.2, 0.25) is 0 Å². The molecule has 4 fully saturated rings. The van der Waals surface area contributed by atoms with Gasteiger partial charge in [-0.1, -0.05) is 72.1 Å². The molecule has 4 nitrogen and oxygen atoms in total. The zero-order chi connectivity index (χ0) is 27.2. The number of carbonyl (C=O) groups is 2. The number of fused-ring (bicyclic) bond motifs is 5. The number of carbonyl (C=O) groups excluding carboxylic acids is 2. The molecule has 4 heteroatoms. The summed E-state index contributed by atoms with van der Waals surface area (Å²) in [5, 5.41) is 11.7. The third-order valence-electron chi connectivity index (χ3n) is 12.0. The van der Waals surface area contributed by atoms with E-state index in [0.717, 1.165) is 24.2 Å². The van der Waals surface area contributed by atoms with Crippen molar-refractivity contribution in [3.05, 3.63) is 35.9 Å². The van der Waals surface area contributed by atoms with Crippen LogP contribution in [0.15, 0.2) is 30.3 Å². The first-order valence-corrected chi connectivity index (χ1v) is 15.5. The molecule has 4 saturated carbocycles. The average Bonchev–Trinajstić information content (AvgIpc) is 3.23. The van der Waals surface area contributed by atoms with Gasteiger partial charge in [-0.05, 0) is 91.1 Å². The van der Waals surface area contributed by atoms with Gasteiger partial charge >= 0.3 is 5.97 Å². The van der Waals surface area contributed by atoms with E-state index in [4.69, 9.17) is 4.74 Å². The smallest absolute Gasteiger partial charge is 0.338 e. The van der Waals surface area contributed by atoms with Gasteiger partial charge in [0.15, 0.2) is 0 Å². The van der Waals surface area contributed by atoms with E-state index < -0.39 is 6.10 Å². The summed E-state index contributed by atoms with van der Waals surface area (Å²) in [5.74, 6) is 3.14. The first kappa shape index (κ1) is 27.9. The Labute approximate surface area is 230 Å². The van der Waals surface area contributed by atoms with Crippen LogP contribution in [0.2, 0.25) is 0 Å². The van der Waals surface area contributed by atoms with E-state index in [-0.39, 0.29) is 46.4 Å². The largest absolute Gasteiger partial charge is 0.458 e. The molecule has 4 aliphatic rings. The summed E-state index contributed by atoms with van der Waals surface area (Å²) in [6.45, 7) is 11.9. The minimum absolute atomic E-state index is 0.0742. The van der Waals surface area contributed by atoms with E-state index in [1.54, 1.807) is 12.1 Å². The van der Waals surface area contributed by atoms with Crippen LogP contribution in [0.25, 0.3) is 0 Å². The van der Waals surface area contributed by atoms with Gasteiger partial charge in [-0.15, -0.1) is 0 Å². The summed E-state index contributed by atoms with van der Waals surface area (Å²) in [4.78, 5) is 26.0. The molecule has 0 radical (unpaired) electrons. The first-order valence-electron chi connectivity index (χ1n) is 15.5. The van der Waals surface area contributed by atoms with Crippen molar-refractivity contribution in [3.8, 4) is 0 Å². The van der Waals surface area contributed by atoms with Gasteiger partial charge < -0.3 is 9.84 Å². The zero-order valence-corrected chi connectivity index (χ0v) is 24.3. The van der Waals surface area contributed by atoms with Crippen LogP contribution >= 0.6 is 0 Å². The third-order valence-corrected chi connectivity index (χ3v) is 12.0. The van der Waals surface area contributed by atoms with E-state index >= 15 is 0 Å². The number of Topliss-reactive ketones (excluding diaryl/α,β-unsaturated/α-hetero) is 1. The number of ether oxygens (including phenoxy) is 1. The van der Waals surface area contributed by atoms with Crippen LogP contribution < -0.4 is 0 Å². The van der Waals surface area contributed by atoms with Gasteiger partial charge in [0, 0.05) is 18.3 Å². The molecule has 38 heavy (non-hydrogen) atoms. The maximum atomic E-state index is 13.2. The fourth-order valence-electron chi connectivity index (χ4n) is 10.0. The van der Waals surface area contributed by atoms with Gasteiger partial charge in [-0.25, -0.2) is 4.79 Å². The number of esters is 1. The number of benzene rings is 1. The predicted octanol–water partition coefficient (Wildman–Crippen LogP) is 7.48.